The normalized spacial score (nSPS) is 15.6. The van der Waals surface area contributed by atoms with Gasteiger partial charge in [0.25, 0.3) is 0 Å². The summed E-state index contributed by atoms with van der Waals surface area (Å²) in [6, 6.07) is 0. The topological polar surface area (TPSA) is 66.8 Å². The van der Waals surface area contributed by atoms with Gasteiger partial charge >= 0.3 is 11.9 Å². The molecular formula is C10H11NO4. The van der Waals surface area contributed by atoms with Gasteiger partial charge in [-0.15, -0.1) is 0 Å². The monoisotopic (exact) mass is 209 g/mol. The first kappa shape index (κ1) is 11.0. The second-order valence-corrected chi connectivity index (χ2v) is 2.98. The number of nitrogens with zero attached hydrogens (tertiary/aromatic N) is 1. The van der Waals surface area contributed by atoms with Crippen molar-refractivity contribution < 1.29 is 19.4 Å². The number of carbonyl (C=O) groups is 2. The van der Waals surface area contributed by atoms with Crippen LogP contribution in [-0.2, 0) is 14.3 Å². The summed E-state index contributed by atoms with van der Waals surface area (Å²) >= 11 is 0. The molecule has 1 aliphatic rings. The molecular weight excluding hydrogens is 198 g/mol. The Labute approximate surface area is 86.9 Å². The Hall–Kier alpha value is -2.04. The highest BCUT2D eigenvalue weighted by molar-refractivity contribution is 5.96. The number of ether oxygens (including phenoxy) is 1. The number of methoxy groups -OCH3 is 1. The maximum absolute atomic E-state index is 11.3. The average molecular weight is 209 g/mol. The molecule has 1 aliphatic heterocycles. The molecule has 0 fully saturated rings. The van der Waals surface area contributed by atoms with E-state index in [4.69, 9.17) is 5.11 Å². The molecule has 5 heteroatoms. The molecule has 0 saturated carbocycles. The van der Waals surface area contributed by atoms with Crippen LogP contribution in [0.3, 0.4) is 0 Å². The van der Waals surface area contributed by atoms with E-state index in [0.29, 0.717) is 5.70 Å². The Morgan fingerprint density at radius 3 is 2.53 bits per heavy atom. The van der Waals surface area contributed by atoms with Gasteiger partial charge in [-0.25, -0.2) is 9.59 Å². The largest absolute Gasteiger partial charge is 0.478 e. The summed E-state index contributed by atoms with van der Waals surface area (Å²) < 4.78 is 4.53. The van der Waals surface area contributed by atoms with Crippen molar-refractivity contribution in [3.63, 3.8) is 0 Å². The minimum absolute atomic E-state index is 0.0125. The first-order valence-electron chi connectivity index (χ1n) is 4.15. The number of carbonyl (C=O) groups excluding carboxylic acids is 1. The molecule has 1 N–H and O–H groups in total. The number of aliphatic carboxylic acids is 1. The number of carboxylic acid groups (broad SMARTS) is 1. The smallest absolute Gasteiger partial charge is 0.354 e. The molecule has 15 heavy (non-hydrogen) atoms. The van der Waals surface area contributed by atoms with Crippen molar-refractivity contribution in [1.29, 1.82) is 0 Å². The molecule has 5 nitrogen and oxygen atoms in total. The van der Waals surface area contributed by atoms with E-state index < -0.39 is 11.9 Å². The number of hydrogen-bond donors (Lipinski definition) is 1. The second kappa shape index (κ2) is 4.00. The minimum atomic E-state index is -1.11. The van der Waals surface area contributed by atoms with Gasteiger partial charge in [-0.2, -0.15) is 0 Å². The van der Waals surface area contributed by atoms with Crippen LogP contribution in [0.25, 0.3) is 0 Å². The molecule has 0 unspecified atom stereocenters. The lowest BCUT2D eigenvalue weighted by molar-refractivity contribution is -0.137. The van der Waals surface area contributed by atoms with Crippen LogP contribution in [0.1, 0.15) is 0 Å². The SMILES string of the molecule is C=C1C=C(C(=O)O)C=C(C(=O)OC)N1C. The highest BCUT2D eigenvalue weighted by Crippen LogP contribution is 2.21. The molecule has 0 aliphatic carbocycles. The van der Waals surface area contributed by atoms with E-state index >= 15 is 0 Å². The lowest BCUT2D eigenvalue weighted by Gasteiger charge is -2.24. The van der Waals surface area contributed by atoms with Crippen molar-refractivity contribution >= 4 is 11.9 Å². The van der Waals surface area contributed by atoms with E-state index in [1.54, 1.807) is 7.05 Å². The third-order valence-electron chi connectivity index (χ3n) is 2.05. The van der Waals surface area contributed by atoms with Gasteiger partial charge in [-0.05, 0) is 12.2 Å². The summed E-state index contributed by atoms with van der Waals surface area (Å²) in [6.07, 6.45) is 2.64. The second-order valence-electron chi connectivity index (χ2n) is 2.98. The third-order valence-corrected chi connectivity index (χ3v) is 2.05. The van der Waals surface area contributed by atoms with E-state index in [2.05, 4.69) is 11.3 Å². The summed E-state index contributed by atoms with van der Waals surface area (Å²) in [5.41, 5.74) is 0.594. The first-order chi connectivity index (χ1) is 6.97. The van der Waals surface area contributed by atoms with Crippen LogP contribution in [0.15, 0.2) is 35.7 Å². The predicted molar refractivity (Wildman–Crippen MR) is 52.7 cm³/mol. The van der Waals surface area contributed by atoms with Crippen molar-refractivity contribution in [3.8, 4) is 0 Å². The molecule has 0 radical (unpaired) electrons. The average Bonchev–Trinajstić information content (AvgIpc) is 2.20. The summed E-state index contributed by atoms with van der Waals surface area (Å²) in [4.78, 5) is 23.5. The fourth-order valence-corrected chi connectivity index (χ4v) is 1.14. The van der Waals surface area contributed by atoms with Crippen LogP contribution >= 0.6 is 0 Å². The van der Waals surface area contributed by atoms with E-state index in [-0.39, 0.29) is 11.3 Å². The van der Waals surface area contributed by atoms with Crippen molar-refractivity contribution in [2.45, 2.75) is 0 Å². The number of allylic oxidation sites excluding steroid dienone is 1. The molecule has 0 aromatic rings. The van der Waals surface area contributed by atoms with E-state index in [1.807, 2.05) is 0 Å². The number of hydrogen-bond acceptors (Lipinski definition) is 4. The van der Waals surface area contributed by atoms with E-state index in [1.165, 1.54) is 24.2 Å². The Morgan fingerprint density at radius 2 is 2.07 bits per heavy atom. The van der Waals surface area contributed by atoms with Crippen molar-refractivity contribution in [1.82, 2.24) is 4.90 Å². The number of rotatable bonds is 2. The quantitative estimate of drug-likeness (QED) is 0.671. The van der Waals surface area contributed by atoms with Crippen molar-refractivity contribution in [2.75, 3.05) is 14.2 Å². The number of likely N-dealkylation sites (N-methyl/N-ethyl adjacent to an activating group) is 1. The molecule has 80 valence electrons. The zero-order chi connectivity index (χ0) is 11.6. The molecule has 0 saturated heterocycles. The van der Waals surface area contributed by atoms with Crippen LogP contribution in [0.2, 0.25) is 0 Å². The van der Waals surface area contributed by atoms with Gasteiger partial charge in [0, 0.05) is 12.7 Å². The highest BCUT2D eigenvalue weighted by atomic mass is 16.5. The van der Waals surface area contributed by atoms with E-state index in [0.717, 1.165) is 0 Å². The standard InChI is InChI=1S/C10H11NO4/c1-6-4-7(9(12)13)5-8(11(6)2)10(14)15-3/h4-5H,1H2,2-3H3,(H,12,13). The molecule has 0 amide bonds. The molecule has 1 heterocycles. The Morgan fingerprint density at radius 1 is 1.47 bits per heavy atom. The van der Waals surface area contributed by atoms with Crippen LogP contribution in [0, 0.1) is 0 Å². The van der Waals surface area contributed by atoms with Crippen LogP contribution in [-0.4, -0.2) is 36.1 Å². The number of carboxylic acids is 1. The van der Waals surface area contributed by atoms with Crippen molar-refractivity contribution in [3.05, 3.63) is 35.7 Å². The zero-order valence-electron chi connectivity index (χ0n) is 8.48. The van der Waals surface area contributed by atoms with Crippen LogP contribution < -0.4 is 0 Å². The molecule has 1 rings (SSSR count). The zero-order valence-corrected chi connectivity index (χ0v) is 8.48. The van der Waals surface area contributed by atoms with Gasteiger partial charge in [0.2, 0.25) is 0 Å². The Bertz CT molecular complexity index is 392. The van der Waals surface area contributed by atoms with Gasteiger partial charge in [0.1, 0.15) is 5.70 Å². The molecule has 0 spiro atoms. The molecule has 0 atom stereocenters. The summed E-state index contributed by atoms with van der Waals surface area (Å²) in [5.74, 6) is -1.70. The van der Waals surface area contributed by atoms with E-state index in [9.17, 15) is 9.59 Å². The molecule has 0 bridgehead atoms. The van der Waals surface area contributed by atoms with Gasteiger partial charge in [0.05, 0.1) is 12.7 Å². The van der Waals surface area contributed by atoms with Gasteiger partial charge in [-0.3, -0.25) is 0 Å². The van der Waals surface area contributed by atoms with Gasteiger partial charge in [0.15, 0.2) is 0 Å². The van der Waals surface area contributed by atoms with Crippen LogP contribution in [0.5, 0.6) is 0 Å². The Balaban J connectivity index is 3.14. The highest BCUT2D eigenvalue weighted by Gasteiger charge is 2.22. The fraction of sp³-hybridized carbons (Fsp3) is 0.200. The summed E-state index contributed by atoms with van der Waals surface area (Å²) in [6.45, 7) is 3.63. The lowest BCUT2D eigenvalue weighted by atomic mass is 10.1. The van der Waals surface area contributed by atoms with Gasteiger partial charge < -0.3 is 14.7 Å². The minimum Gasteiger partial charge on any atom is -0.478 e. The molecule has 0 aromatic carbocycles. The fourth-order valence-electron chi connectivity index (χ4n) is 1.14. The Kier molecular flexibility index (Phi) is 2.94. The summed E-state index contributed by atoms with van der Waals surface area (Å²) in [7, 11) is 2.85. The first-order valence-corrected chi connectivity index (χ1v) is 4.15. The van der Waals surface area contributed by atoms with Crippen molar-refractivity contribution in [2.24, 2.45) is 0 Å². The lowest BCUT2D eigenvalue weighted by Crippen LogP contribution is -2.26. The third kappa shape index (κ3) is 2.07. The van der Waals surface area contributed by atoms with Crippen LogP contribution in [0.4, 0.5) is 0 Å². The summed E-state index contributed by atoms with van der Waals surface area (Å²) in [5, 5.41) is 8.79. The predicted octanol–water partition coefficient (Wildman–Crippen LogP) is 0.513. The molecule has 0 aromatic heterocycles. The maximum Gasteiger partial charge on any atom is 0.354 e. The number of esters is 1. The maximum atomic E-state index is 11.3. The van der Waals surface area contributed by atoms with Gasteiger partial charge in [-0.1, -0.05) is 6.58 Å².